The molecule has 20 heavy (non-hydrogen) atoms. The van der Waals surface area contributed by atoms with E-state index in [1.807, 2.05) is 0 Å². The van der Waals surface area contributed by atoms with Crippen molar-refractivity contribution in [1.82, 2.24) is 0 Å². The summed E-state index contributed by atoms with van der Waals surface area (Å²) in [5.74, 6) is -1.97. The normalized spacial score (nSPS) is 10.8. The van der Waals surface area contributed by atoms with Crippen molar-refractivity contribution in [3.63, 3.8) is 0 Å². The lowest BCUT2D eigenvalue weighted by molar-refractivity contribution is -0.385. The van der Waals surface area contributed by atoms with E-state index in [1.54, 1.807) is 13.0 Å². The minimum Gasteiger partial charge on any atom is -0.460 e. The van der Waals surface area contributed by atoms with Crippen LogP contribution in [-0.4, -0.2) is 23.5 Å². The second-order valence-corrected chi connectivity index (χ2v) is 3.64. The molecule has 0 aliphatic carbocycles. The molecule has 1 aromatic carbocycles. The van der Waals surface area contributed by atoms with Crippen molar-refractivity contribution in [2.75, 3.05) is 6.61 Å². The lowest BCUT2D eigenvalue weighted by Gasteiger charge is -2.06. The van der Waals surface area contributed by atoms with Crippen molar-refractivity contribution in [2.45, 2.75) is 13.8 Å². The monoisotopic (exact) mass is 279 g/mol. The summed E-state index contributed by atoms with van der Waals surface area (Å²) < 4.78 is 9.45. The maximum absolute atomic E-state index is 11.6. The van der Waals surface area contributed by atoms with Crippen LogP contribution in [0.3, 0.4) is 0 Å². The van der Waals surface area contributed by atoms with E-state index in [-0.39, 0.29) is 17.9 Å². The number of nitro groups is 1. The number of hydrogen-bond acceptors (Lipinski definition) is 6. The molecule has 1 aromatic rings. The van der Waals surface area contributed by atoms with E-state index in [4.69, 9.17) is 9.47 Å². The molecule has 0 aromatic heterocycles. The molecule has 7 heteroatoms. The number of carbonyl (C=O) groups is 2. The van der Waals surface area contributed by atoms with Crippen molar-refractivity contribution in [1.29, 1.82) is 0 Å². The van der Waals surface area contributed by atoms with Gasteiger partial charge in [-0.15, -0.1) is 0 Å². The zero-order valence-electron chi connectivity index (χ0n) is 11.0. The molecule has 0 unspecified atom stereocenters. The van der Waals surface area contributed by atoms with E-state index in [0.717, 1.165) is 13.0 Å². The van der Waals surface area contributed by atoms with Gasteiger partial charge in [-0.05, 0) is 13.0 Å². The van der Waals surface area contributed by atoms with Gasteiger partial charge in [0.15, 0.2) is 0 Å². The Morgan fingerprint density at radius 3 is 2.55 bits per heavy atom. The summed E-state index contributed by atoms with van der Waals surface area (Å²) in [6, 6.07) is 5.77. The van der Waals surface area contributed by atoms with Gasteiger partial charge < -0.3 is 9.47 Å². The largest absolute Gasteiger partial charge is 0.460 e. The minimum absolute atomic E-state index is 0.0916. The second kappa shape index (κ2) is 7.03. The van der Waals surface area contributed by atoms with Gasteiger partial charge in [0.05, 0.1) is 17.1 Å². The lowest BCUT2D eigenvalue weighted by Crippen LogP contribution is -2.13. The zero-order chi connectivity index (χ0) is 15.1. The van der Waals surface area contributed by atoms with Gasteiger partial charge in [0.2, 0.25) is 5.76 Å². The summed E-state index contributed by atoms with van der Waals surface area (Å²) in [6.45, 7) is 2.80. The maximum atomic E-state index is 11.6. The maximum Gasteiger partial charge on any atom is 0.374 e. The SMILES string of the molecule is CCOC(=O)/C(=C/c1ccccc1[N+](=O)[O-])OC(C)=O. The number of benzene rings is 1. The fraction of sp³-hybridized carbons (Fsp3) is 0.231. The number of nitro benzene ring substituents is 1. The Bertz CT molecular complexity index is 564. The number of ether oxygens (including phenoxy) is 2. The van der Waals surface area contributed by atoms with E-state index in [1.165, 1.54) is 18.2 Å². The molecule has 1 rings (SSSR count). The van der Waals surface area contributed by atoms with Crippen molar-refractivity contribution in [3.05, 3.63) is 45.7 Å². The van der Waals surface area contributed by atoms with Crippen LogP contribution in [0.4, 0.5) is 5.69 Å². The fourth-order valence-electron chi connectivity index (χ4n) is 1.40. The van der Waals surface area contributed by atoms with E-state index in [9.17, 15) is 19.7 Å². The topological polar surface area (TPSA) is 95.7 Å². The molecule has 0 heterocycles. The Balaban J connectivity index is 3.22. The molecule has 0 atom stereocenters. The highest BCUT2D eigenvalue weighted by Gasteiger charge is 2.18. The molecule has 0 N–H and O–H groups in total. The molecule has 0 spiro atoms. The quantitative estimate of drug-likeness (QED) is 0.269. The summed E-state index contributed by atoms with van der Waals surface area (Å²) in [5, 5.41) is 10.9. The molecule has 0 radical (unpaired) electrons. The Kier molecular flexibility index (Phi) is 5.40. The number of nitrogens with zero attached hydrogens (tertiary/aromatic N) is 1. The third kappa shape index (κ3) is 4.20. The number of hydrogen-bond donors (Lipinski definition) is 0. The summed E-state index contributed by atoms with van der Waals surface area (Å²) >= 11 is 0. The predicted molar refractivity (Wildman–Crippen MR) is 69.5 cm³/mol. The van der Waals surface area contributed by atoms with Gasteiger partial charge in [-0.3, -0.25) is 14.9 Å². The van der Waals surface area contributed by atoms with Crippen molar-refractivity contribution in [3.8, 4) is 0 Å². The number of carbonyl (C=O) groups excluding carboxylic acids is 2. The summed E-state index contributed by atoms with van der Waals surface area (Å²) in [5.41, 5.74) is -0.0664. The Morgan fingerprint density at radius 1 is 1.35 bits per heavy atom. The molecule has 0 bridgehead atoms. The first-order chi connectivity index (χ1) is 9.45. The number of para-hydroxylation sites is 1. The average molecular weight is 279 g/mol. The Labute approximate surface area is 114 Å². The number of rotatable bonds is 5. The van der Waals surface area contributed by atoms with Crippen LogP contribution in [0.1, 0.15) is 19.4 Å². The van der Waals surface area contributed by atoms with Gasteiger partial charge in [0, 0.05) is 19.1 Å². The molecule has 0 amide bonds. The van der Waals surface area contributed by atoms with E-state index < -0.39 is 22.6 Å². The minimum atomic E-state index is -0.860. The molecule has 0 aliphatic rings. The van der Waals surface area contributed by atoms with Gasteiger partial charge in [-0.2, -0.15) is 0 Å². The highest BCUT2D eigenvalue weighted by molar-refractivity contribution is 5.94. The van der Waals surface area contributed by atoms with Crippen LogP contribution < -0.4 is 0 Å². The molecule has 0 saturated carbocycles. The third-order valence-electron chi connectivity index (χ3n) is 2.15. The van der Waals surface area contributed by atoms with Crippen molar-refractivity contribution >= 4 is 23.7 Å². The molecule has 0 fully saturated rings. The van der Waals surface area contributed by atoms with Gasteiger partial charge in [0.1, 0.15) is 0 Å². The van der Waals surface area contributed by atoms with Crippen LogP contribution >= 0.6 is 0 Å². The van der Waals surface area contributed by atoms with Gasteiger partial charge in [-0.25, -0.2) is 4.79 Å². The van der Waals surface area contributed by atoms with Crippen LogP contribution in [0.25, 0.3) is 6.08 Å². The van der Waals surface area contributed by atoms with E-state index >= 15 is 0 Å². The Morgan fingerprint density at radius 2 is 2.00 bits per heavy atom. The molecular formula is C13H13NO6. The lowest BCUT2D eigenvalue weighted by atomic mass is 10.1. The van der Waals surface area contributed by atoms with Crippen LogP contribution in [-0.2, 0) is 19.1 Å². The van der Waals surface area contributed by atoms with Crippen LogP contribution in [0.15, 0.2) is 30.0 Å². The first-order valence-corrected chi connectivity index (χ1v) is 5.76. The average Bonchev–Trinajstić information content (AvgIpc) is 2.38. The molecular weight excluding hydrogens is 266 g/mol. The first kappa shape index (κ1) is 15.4. The van der Waals surface area contributed by atoms with Gasteiger partial charge in [-0.1, -0.05) is 12.1 Å². The third-order valence-corrected chi connectivity index (χ3v) is 2.15. The molecule has 0 aliphatic heterocycles. The van der Waals surface area contributed by atoms with Crippen LogP contribution in [0.2, 0.25) is 0 Å². The molecule has 7 nitrogen and oxygen atoms in total. The standard InChI is InChI=1S/C13H13NO6/c1-3-19-13(16)12(20-9(2)15)8-10-6-4-5-7-11(10)14(17)18/h4-8H,3H2,1-2H3/b12-8-. The smallest absolute Gasteiger partial charge is 0.374 e. The summed E-state index contributed by atoms with van der Waals surface area (Å²) in [4.78, 5) is 32.9. The Hall–Kier alpha value is -2.70. The van der Waals surface area contributed by atoms with Crippen molar-refractivity contribution < 1.29 is 24.0 Å². The zero-order valence-corrected chi connectivity index (χ0v) is 11.0. The summed E-state index contributed by atoms with van der Waals surface area (Å²) in [7, 11) is 0. The predicted octanol–water partition coefficient (Wildman–Crippen LogP) is 2.06. The van der Waals surface area contributed by atoms with E-state index in [2.05, 4.69) is 0 Å². The van der Waals surface area contributed by atoms with Crippen LogP contribution in [0, 0.1) is 10.1 Å². The second-order valence-electron chi connectivity index (χ2n) is 3.64. The van der Waals surface area contributed by atoms with E-state index in [0.29, 0.717) is 0 Å². The number of esters is 2. The van der Waals surface area contributed by atoms with Crippen LogP contribution in [0.5, 0.6) is 0 Å². The van der Waals surface area contributed by atoms with Crippen molar-refractivity contribution in [2.24, 2.45) is 0 Å². The van der Waals surface area contributed by atoms with Gasteiger partial charge in [0.25, 0.3) is 5.69 Å². The fourth-order valence-corrected chi connectivity index (χ4v) is 1.40. The van der Waals surface area contributed by atoms with Gasteiger partial charge >= 0.3 is 11.9 Å². The molecule has 0 saturated heterocycles. The summed E-state index contributed by atoms with van der Waals surface area (Å²) in [6.07, 6.45) is 1.11. The highest BCUT2D eigenvalue weighted by atomic mass is 16.6. The first-order valence-electron chi connectivity index (χ1n) is 5.76. The highest BCUT2D eigenvalue weighted by Crippen LogP contribution is 2.21. The molecule has 106 valence electrons.